The molecule has 0 saturated carbocycles. The fourth-order valence-electron chi connectivity index (χ4n) is 1.05. The molecule has 0 heterocycles. The van der Waals surface area contributed by atoms with Gasteiger partial charge in [0.1, 0.15) is 0 Å². The lowest BCUT2D eigenvalue weighted by Gasteiger charge is -2.36. The second-order valence-electron chi connectivity index (χ2n) is 3.91. The molecule has 0 aliphatic rings. The summed E-state index contributed by atoms with van der Waals surface area (Å²) in [4.78, 5) is 0. The third-order valence-electron chi connectivity index (χ3n) is 2.25. The van der Waals surface area contributed by atoms with Crippen LogP contribution >= 0.6 is 22.6 Å². The van der Waals surface area contributed by atoms with E-state index in [2.05, 4.69) is 0 Å². The normalized spacial score (nSPS) is 16.1. The van der Waals surface area contributed by atoms with Gasteiger partial charge < -0.3 is 5.11 Å². The minimum atomic E-state index is -7.41. The highest BCUT2D eigenvalue weighted by molar-refractivity contribution is 14.1. The lowest BCUT2D eigenvalue weighted by Crippen LogP contribution is -2.66. The molecule has 0 bridgehead atoms. The van der Waals surface area contributed by atoms with Crippen LogP contribution in [0.4, 0.5) is 48.3 Å². The summed E-state index contributed by atoms with van der Waals surface area (Å²) in [5.74, 6) is -27.8. The lowest BCUT2D eigenvalue weighted by atomic mass is 9.97. The summed E-state index contributed by atoms with van der Waals surface area (Å²) in [5, 5.41) is 8.34. The highest BCUT2D eigenvalue weighted by Crippen LogP contribution is 2.57. The van der Waals surface area contributed by atoms with Crippen LogP contribution in [0.2, 0.25) is 0 Å². The quantitative estimate of drug-likeness (QED) is 0.441. The number of rotatable bonds is 6. The molecule has 0 saturated heterocycles. The highest BCUT2D eigenvalue weighted by Gasteiger charge is 2.86. The summed E-state index contributed by atoms with van der Waals surface area (Å²) in [5.41, 5.74) is 0. The van der Waals surface area contributed by atoms with Crippen molar-refractivity contribution >= 4 is 22.6 Å². The minimum Gasteiger partial charge on any atom is -0.396 e. The average Bonchev–Trinajstić information content (AvgIpc) is 2.25. The third-order valence-corrected chi connectivity index (χ3v) is 3.10. The lowest BCUT2D eigenvalue weighted by molar-refractivity contribution is -0.416. The largest absolute Gasteiger partial charge is 0.460 e. The van der Waals surface area contributed by atoms with E-state index in [1.54, 1.807) is 0 Å². The number of halogens is 12. The fraction of sp³-hybridized carbons (Fsp3) is 0.778. The first-order valence-electron chi connectivity index (χ1n) is 5.01. The molecule has 0 unspecified atom stereocenters. The first kappa shape index (κ1) is 21.7. The molecule has 13 heteroatoms. The van der Waals surface area contributed by atoms with Crippen molar-refractivity contribution in [3.63, 3.8) is 0 Å². The predicted octanol–water partition coefficient (Wildman–Crippen LogP) is 4.79. The predicted molar refractivity (Wildman–Crippen MR) is 59.6 cm³/mol. The molecule has 132 valence electrons. The zero-order valence-electron chi connectivity index (χ0n) is 9.97. The molecule has 0 fully saturated rings. The van der Waals surface area contributed by atoms with Crippen LogP contribution < -0.4 is 0 Å². The van der Waals surface area contributed by atoms with E-state index in [0.717, 1.165) is 22.6 Å². The van der Waals surface area contributed by atoms with Gasteiger partial charge in [-0.3, -0.25) is 0 Å². The summed E-state index contributed by atoms with van der Waals surface area (Å²) in [6.07, 6.45) is -8.78. The van der Waals surface area contributed by atoms with Gasteiger partial charge in [-0.1, -0.05) is 0 Å². The molecule has 0 radical (unpaired) electrons. The van der Waals surface area contributed by atoms with E-state index in [1.807, 2.05) is 0 Å². The van der Waals surface area contributed by atoms with Crippen molar-refractivity contribution in [2.45, 2.75) is 36.3 Å². The fourth-order valence-corrected chi connectivity index (χ4v) is 1.68. The molecular formula is C9H6F11IO. The first-order chi connectivity index (χ1) is 9.45. The number of aliphatic hydroxyl groups excluding tert-OH is 1. The maximum absolute atomic E-state index is 13.1. The van der Waals surface area contributed by atoms with Gasteiger partial charge in [-0.05, 0) is 26.2 Å². The second-order valence-corrected chi connectivity index (χ2v) is 5.29. The van der Waals surface area contributed by atoms with Crippen molar-refractivity contribution in [3.8, 4) is 0 Å². The van der Waals surface area contributed by atoms with E-state index in [9.17, 15) is 48.3 Å². The van der Waals surface area contributed by atoms with Gasteiger partial charge in [-0.15, -0.1) is 0 Å². The smallest absolute Gasteiger partial charge is 0.396 e. The number of alkyl halides is 11. The van der Waals surface area contributed by atoms with E-state index >= 15 is 0 Å². The van der Waals surface area contributed by atoms with Crippen LogP contribution in [-0.4, -0.2) is 41.6 Å². The Morgan fingerprint density at radius 2 is 1.18 bits per heavy atom. The molecule has 0 aromatic rings. The summed E-state index contributed by atoms with van der Waals surface area (Å²) < 4.78 is 137. The van der Waals surface area contributed by atoms with Crippen LogP contribution in [0.25, 0.3) is 0 Å². The second kappa shape index (κ2) is 6.28. The Balaban J connectivity index is 5.95. The molecule has 0 amide bonds. The molecular weight excluding hydrogens is 460 g/mol. The molecule has 0 rings (SSSR count). The van der Waals surface area contributed by atoms with Gasteiger partial charge in [0.25, 0.3) is 0 Å². The van der Waals surface area contributed by atoms with Gasteiger partial charge >= 0.3 is 29.9 Å². The van der Waals surface area contributed by atoms with Crippen molar-refractivity contribution < 1.29 is 53.4 Å². The molecule has 0 atom stereocenters. The van der Waals surface area contributed by atoms with E-state index in [0.29, 0.717) is 0 Å². The molecule has 0 aliphatic heterocycles. The number of aliphatic hydroxyl groups is 1. The Kier molecular flexibility index (Phi) is 6.18. The van der Waals surface area contributed by atoms with Crippen LogP contribution in [0.15, 0.2) is 9.66 Å². The topological polar surface area (TPSA) is 20.2 Å². The van der Waals surface area contributed by atoms with Crippen LogP contribution in [-0.2, 0) is 0 Å². The van der Waals surface area contributed by atoms with E-state index in [1.165, 1.54) is 0 Å². The summed E-state index contributed by atoms with van der Waals surface area (Å²) in [7, 11) is 0. The van der Waals surface area contributed by atoms with Crippen molar-refractivity contribution in [3.05, 3.63) is 9.66 Å². The molecule has 1 N–H and O–H groups in total. The zero-order chi connectivity index (χ0) is 18.2. The van der Waals surface area contributed by atoms with Gasteiger partial charge in [0.05, 0.1) is 0 Å². The number of allylic oxidation sites excluding steroid dienone is 1. The van der Waals surface area contributed by atoms with Crippen molar-refractivity contribution in [1.29, 1.82) is 0 Å². The molecule has 22 heavy (non-hydrogen) atoms. The van der Waals surface area contributed by atoms with Crippen LogP contribution in [0.1, 0.15) is 6.42 Å². The molecule has 0 aromatic carbocycles. The zero-order valence-corrected chi connectivity index (χ0v) is 12.1. The standard InChI is InChI=1S/C9H6F11IO/c10-5(11,3-4(21)1-2-22)6(12,13)7(14,15)8(16,17)9(18,19)20/h3,22H,1-2H2. The van der Waals surface area contributed by atoms with Crippen LogP contribution in [0, 0.1) is 0 Å². The Hall–Kier alpha value is -0.340. The average molecular weight is 466 g/mol. The van der Waals surface area contributed by atoms with E-state index in [-0.39, 0.29) is 0 Å². The Morgan fingerprint density at radius 1 is 0.773 bits per heavy atom. The van der Waals surface area contributed by atoms with E-state index < -0.39 is 52.5 Å². The maximum Gasteiger partial charge on any atom is 0.460 e. The molecule has 0 aromatic heterocycles. The summed E-state index contributed by atoms with van der Waals surface area (Å²) in [6, 6.07) is 0. The molecule has 0 spiro atoms. The third kappa shape index (κ3) is 3.59. The van der Waals surface area contributed by atoms with Gasteiger partial charge in [-0.25, -0.2) is 0 Å². The van der Waals surface area contributed by atoms with Gasteiger partial charge in [0, 0.05) is 19.1 Å². The maximum atomic E-state index is 13.1. The van der Waals surface area contributed by atoms with Gasteiger partial charge in [-0.2, -0.15) is 48.3 Å². The molecule has 1 nitrogen and oxygen atoms in total. The Morgan fingerprint density at radius 3 is 1.50 bits per heavy atom. The Bertz CT molecular complexity index is 426. The van der Waals surface area contributed by atoms with Crippen molar-refractivity contribution in [2.75, 3.05) is 6.61 Å². The van der Waals surface area contributed by atoms with Gasteiger partial charge in [0.15, 0.2) is 0 Å². The van der Waals surface area contributed by atoms with Crippen LogP contribution in [0.5, 0.6) is 0 Å². The minimum absolute atomic E-state index is 0.715. The SMILES string of the molecule is OCCC(I)=CC(F)(F)C(F)(F)C(F)(F)C(F)(F)C(F)(F)F. The van der Waals surface area contributed by atoms with Crippen molar-refractivity contribution in [2.24, 2.45) is 0 Å². The van der Waals surface area contributed by atoms with Crippen molar-refractivity contribution in [1.82, 2.24) is 0 Å². The van der Waals surface area contributed by atoms with Gasteiger partial charge in [0.2, 0.25) is 0 Å². The molecule has 0 aliphatic carbocycles. The number of hydrogen-bond donors (Lipinski definition) is 1. The summed E-state index contributed by atoms with van der Waals surface area (Å²) >= 11 is 0.905. The first-order valence-corrected chi connectivity index (χ1v) is 6.09. The number of hydrogen-bond acceptors (Lipinski definition) is 1. The monoisotopic (exact) mass is 466 g/mol. The Labute approximate surface area is 129 Å². The highest BCUT2D eigenvalue weighted by atomic mass is 127. The van der Waals surface area contributed by atoms with E-state index in [4.69, 9.17) is 5.11 Å². The summed E-state index contributed by atoms with van der Waals surface area (Å²) in [6.45, 7) is -0.870. The van der Waals surface area contributed by atoms with Crippen LogP contribution in [0.3, 0.4) is 0 Å².